The van der Waals surface area contributed by atoms with Crippen molar-refractivity contribution < 1.29 is 14.3 Å². The summed E-state index contributed by atoms with van der Waals surface area (Å²) in [7, 11) is 0. The molecule has 7 heteroatoms. The smallest absolute Gasteiger partial charge is 0.343 e. The van der Waals surface area contributed by atoms with E-state index in [1.165, 1.54) is 17.6 Å². The maximum Gasteiger partial charge on any atom is 0.343 e. The molecule has 0 aliphatic rings. The number of hydrazone groups is 1. The van der Waals surface area contributed by atoms with E-state index in [9.17, 15) is 9.59 Å². The van der Waals surface area contributed by atoms with Crippen molar-refractivity contribution in [3.05, 3.63) is 99.4 Å². The summed E-state index contributed by atoms with van der Waals surface area (Å²) < 4.78 is 6.35. The topological polar surface area (TPSA) is 67.8 Å². The molecule has 0 radical (unpaired) electrons. The molecule has 0 saturated carbocycles. The second-order valence-corrected chi connectivity index (χ2v) is 8.14. The number of rotatable bonds is 5. The predicted molar refractivity (Wildman–Crippen MR) is 124 cm³/mol. The summed E-state index contributed by atoms with van der Waals surface area (Å²) in [6.07, 6.45) is 1.51. The summed E-state index contributed by atoms with van der Waals surface area (Å²) in [6.45, 7) is 1.86. The van der Waals surface area contributed by atoms with Gasteiger partial charge < -0.3 is 4.74 Å². The summed E-state index contributed by atoms with van der Waals surface area (Å²) >= 11 is 7.64. The van der Waals surface area contributed by atoms with E-state index in [2.05, 4.69) is 10.5 Å². The van der Waals surface area contributed by atoms with Gasteiger partial charge in [0.25, 0.3) is 5.91 Å². The largest absolute Gasteiger partial charge is 0.423 e. The Morgan fingerprint density at radius 3 is 2.45 bits per heavy atom. The molecule has 0 aliphatic carbocycles. The van der Waals surface area contributed by atoms with Crippen molar-refractivity contribution >= 4 is 51.1 Å². The van der Waals surface area contributed by atoms with E-state index in [1.807, 2.05) is 43.3 Å². The molecule has 1 aromatic heterocycles. The molecule has 0 aliphatic heterocycles. The van der Waals surface area contributed by atoms with Crippen LogP contribution in [0.2, 0.25) is 5.02 Å². The number of carbonyl (C=O) groups is 2. The van der Waals surface area contributed by atoms with Crippen molar-refractivity contribution in [2.24, 2.45) is 5.10 Å². The number of esters is 1. The maximum atomic E-state index is 12.4. The lowest BCUT2D eigenvalue weighted by Gasteiger charge is -2.06. The molecule has 3 aromatic carbocycles. The first-order valence-corrected chi connectivity index (χ1v) is 10.6. The number of nitrogens with zero attached hydrogens (tertiary/aromatic N) is 1. The number of amides is 1. The fraction of sp³-hybridized carbons (Fsp3) is 0.0417. The van der Waals surface area contributed by atoms with Crippen molar-refractivity contribution in [3.8, 4) is 5.75 Å². The molecular formula is C24H17ClN2O3S. The zero-order chi connectivity index (χ0) is 21.8. The van der Waals surface area contributed by atoms with Crippen molar-refractivity contribution in [2.45, 2.75) is 6.92 Å². The lowest BCUT2D eigenvalue weighted by atomic mass is 10.1. The van der Waals surface area contributed by atoms with E-state index in [-0.39, 0.29) is 5.91 Å². The van der Waals surface area contributed by atoms with Crippen LogP contribution in [0.25, 0.3) is 10.1 Å². The molecule has 5 nitrogen and oxygen atoms in total. The average Bonchev–Trinajstić information content (AvgIpc) is 3.12. The van der Waals surface area contributed by atoms with Gasteiger partial charge in [0.2, 0.25) is 0 Å². The van der Waals surface area contributed by atoms with Crippen LogP contribution in [0.15, 0.2) is 77.9 Å². The van der Waals surface area contributed by atoms with Gasteiger partial charge in [-0.05, 0) is 54.4 Å². The molecule has 0 saturated heterocycles. The second kappa shape index (κ2) is 9.12. The van der Waals surface area contributed by atoms with Crippen molar-refractivity contribution in [1.82, 2.24) is 5.43 Å². The fourth-order valence-electron chi connectivity index (χ4n) is 2.96. The zero-order valence-electron chi connectivity index (χ0n) is 16.5. The van der Waals surface area contributed by atoms with Crippen LogP contribution in [-0.4, -0.2) is 18.1 Å². The first-order valence-electron chi connectivity index (χ1n) is 9.41. The van der Waals surface area contributed by atoms with Gasteiger partial charge in [-0.25, -0.2) is 10.2 Å². The van der Waals surface area contributed by atoms with Crippen molar-refractivity contribution in [1.29, 1.82) is 0 Å². The van der Waals surface area contributed by atoms with Gasteiger partial charge in [-0.1, -0.05) is 48.0 Å². The van der Waals surface area contributed by atoms with Gasteiger partial charge in [0, 0.05) is 10.1 Å². The Morgan fingerprint density at radius 2 is 1.71 bits per heavy atom. The van der Waals surface area contributed by atoms with E-state index in [0.29, 0.717) is 21.2 Å². The molecule has 4 rings (SSSR count). The van der Waals surface area contributed by atoms with Crippen LogP contribution in [0.1, 0.15) is 31.2 Å². The van der Waals surface area contributed by atoms with Gasteiger partial charge >= 0.3 is 5.97 Å². The number of benzene rings is 3. The highest BCUT2D eigenvalue weighted by Gasteiger charge is 2.16. The molecule has 0 fully saturated rings. The summed E-state index contributed by atoms with van der Waals surface area (Å²) in [4.78, 5) is 25.1. The van der Waals surface area contributed by atoms with Crippen LogP contribution in [0.4, 0.5) is 0 Å². The second-order valence-electron chi connectivity index (χ2n) is 6.71. The lowest BCUT2D eigenvalue weighted by molar-refractivity contribution is 0.0733. The third-order valence-corrected chi connectivity index (χ3v) is 6.25. The third kappa shape index (κ3) is 4.66. The molecule has 1 N–H and O–H groups in total. The molecule has 0 atom stereocenters. The molecule has 31 heavy (non-hydrogen) atoms. The monoisotopic (exact) mass is 448 g/mol. The first-order chi connectivity index (χ1) is 15.0. The Labute approximate surface area is 187 Å². The number of nitrogens with one attached hydrogen (secondary N) is 1. The molecule has 154 valence electrons. The number of hydrogen-bond donors (Lipinski definition) is 1. The quantitative estimate of drug-likeness (QED) is 0.180. The van der Waals surface area contributed by atoms with Gasteiger partial charge in [-0.3, -0.25) is 4.79 Å². The van der Waals surface area contributed by atoms with Crippen molar-refractivity contribution in [2.75, 3.05) is 0 Å². The van der Waals surface area contributed by atoms with E-state index in [4.69, 9.17) is 16.3 Å². The summed E-state index contributed by atoms with van der Waals surface area (Å²) in [5.74, 6) is -0.357. The van der Waals surface area contributed by atoms with E-state index in [1.54, 1.807) is 36.4 Å². The van der Waals surface area contributed by atoms with Gasteiger partial charge in [-0.2, -0.15) is 5.10 Å². The number of hydrogen-bond acceptors (Lipinski definition) is 5. The molecule has 0 spiro atoms. The summed E-state index contributed by atoms with van der Waals surface area (Å²) in [5.41, 5.74) is 4.61. The van der Waals surface area contributed by atoms with E-state index >= 15 is 0 Å². The van der Waals surface area contributed by atoms with E-state index < -0.39 is 5.97 Å². The normalized spacial score (nSPS) is 11.0. The fourth-order valence-corrected chi connectivity index (χ4v) is 4.37. The molecule has 1 amide bonds. The maximum absolute atomic E-state index is 12.4. The highest BCUT2D eigenvalue weighted by molar-refractivity contribution is 7.21. The minimum atomic E-state index is -0.410. The summed E-state index contributed by atoms with van der Waals surface area (Å²) in [6, 6.07) is 21.6. The SMILES string of the molecule is Cc1ccccc1C(=O)Oc1ccc(/C=N\NC(=O)c2sc3ccccc3c2Cl)cc1. The predicted octanol–water partition coefficient (Wildman–Crippen LogP) is 5.85. The Hall–Kier alpha value is -3.48. The first kappa shape index (κ1) is 20.8. The van der Waals surface area contributed by atoms with E-state index in [0.717, 1.165) is 21.2 Å². The van der Waals surface area contributed by atoms with Gasteiger partial charge in [0.15, 0.2) is 0 Å². The third-order valence-electron chi connectivity index (χ3n) is 4.58. The van der Waals surface area contributed by atoms with Crippen LogP contribution in [0, 0.1) is 6.92 Å². The highest BCUT2D eigenvalue weighted by atomic mass is 35.5. The molecule has 1 heterocycles. The lowest BCUT2D eigenvalue weighted by Crippen LogP contribution is -2.16. The minimum absolute atomic E-state index is 0.369. The molecular weight excluding hydrogens is 432 g/mol. The molecule has 4 aromatic rings. The number of ether oxygens (including phenoxy) is 1. The highest BCUT2D eigenvalue weighted by Crippen LogP contribution is 2.34. The number of thiophene rings is 1. The number of halogens is 1. The summed E-state index contributed by atoms with van der Waals surface area (Å²) in [5, 5.41) is 5.27. The zero-order valence-corrected chi connectivity index (χ0v) is 18.0. The average molecular weight is 449 g/mol. The van der Waals surface area contributed by atoms with Crippen LogP contribution in [0.5, 0.6) is 5.75 Å². The Morgan fingerprint density at radius 1 is 1.00 bits per heavy atom. The minimum Gasteiger partial charge on any atom is -0.423 e. The molecule has 0 unspecified atom stereocenters. The number of fused-ring (bicyclic) bond motifs is 1. The van der Waals surface area contributed by atoms with Crippen LogP contribution in [-0.2, 0) is 0 Å². The number of aryl methyl sites for hydroxylation is 1. The van der Waals surface area contributed by atoms with Crippen LogP contribution < -0.4 is 10.2 Å². The van der Waals surface area contributed by atoms with Gasteiger partial charge in [0.05, 0.1) is 16.8 Å². The Bertz CT molecular complexity index is 1300. The van der Waals surface area contributed by atoms with Gasteiger partial charge in [0.1, 0.15) is 10.6 Å². The Kier molecular flexibility index (Phi) is 6.11. The Balaban J connectivity index is 1.38. The standard InChI is InChI=1S/C24H17ClN2O3S/c1-15-6-2-3-7-18(15)24(29)30-17-12-10-16(11-13-17)14-26-27-23(28)22-21(25)19-8-4-5-9-20(19)31-22/h2-14H,1H3,(H,27,28)/b26-14-. The van der Waals surface area contributed by atoms with Crippen LogP contribution in [0.3, 0.4) is 0 Å². The molecule has 0 bridgehead atoms. The van der Waals surface area contributed by atoms with Crippen molar-refractivity contribution in [3.63, 3.8) is 0 Å². The van der Waals surface area contributed by atoms with Crippen LogP contribution >= 0.6 is 22.9 Å². The van der Waals surface area contributed by atoms with Gasteiger partial charge in [-0.15, -0.1) is 11.3 Å². The number of carbonyl (C=O) groups excluding carboxylic acids is 2.